The van der Waals surface area contributed by atoms with E-state index in [9.17, 15) is 5.11 Å². The van der Waals surface area contributed by atoms with Crippen molar-refractivity contribution in [3.05, 3.63) is 59.3 Å². The number of aliphatic hydroxyl groups is 1. The van der Waals surface area contributed by atoms with Gasteiger partial charge in [0.15, 0.2) is 0 Å². The molecule has 1 atom stereocenters. The zero-order valence-electron chi connectivity index (χ0n) is 10.8. The molecular weight excluding hydrogens is 236 g/mol. The Morgan fingerprint density at radius 3 is 2.79 bits per heavy atom. The minimum absolute atomic E-state index is 0.474. The topological polar surface area (TPSA) is 59.1 Å². The van der Waals surface area contributed by atoms with E-state index >= 15 is 0 Å². The van der Waals surface area contributed by atoms with Crippen LogP contribution >= 0.6 is 0 Å². The van der Waals surface area contributed by atoms with Crippen LogP contribution in [0, 0.1) is 0 Å². The minimum atomic E-state index is -0.474. The molecule has 3 heteroatoms. The van der Waals surface area contributed by atoms with Crippen LogP contribution in [0.5, 0.6) is 0 Å². The maximum atomic E-state index is 10.5. The van der Waals surface area contributed by atoms with Crippen LogP contribution in [0.15, 0.2) is 42.6 Å². The van der Waals surface area contributed by atoms with Gasteiger partial charge in [-0.2, -0.15) is 0 Å². The third-order valence-corrected chi connectivity index (χ3v) is 3.65. The summed E-state index contributed by atoms with van der Waals surface area (Å²) in [5.74, 6) is 1.15. The number of hydrogen-bond donors (Lipinski definition) is 2. The summed E-state index contributed by atoms with van der Waals surface area (Å²) < 4.78 is 0. The number of nitrogen functional groups attached to an aromatic ring is 1. The lowest BCUT2D eigenvalue weighted by Crippen LogP contribution is -2.05. The zero-order chi connectivity index (χ0) is 13.2. The van der Waals surface area contributed by atoms with Crippen molar-refractivity contribution in [1.82, 2.24) is 4.98 Å². The summed E-state index contributed by atoms with van der Waals surface area (Å²) >= 11 is 0. The zero-order valence-corrected chi connectivity index (χ0v) is 10.8. The molecule has 1 fully saturated rings. The van der Waals surface area contributed by atoms with Gasteiger partial charge in [0, 0.05) is 12.6 Å². The van der Waals surface area contributed by atoms with Crippen LogP contribution in [0.2, 0.25) is 0 Å². The quantitative estimate of drug-likeness (QED) is 0.882. The molecule has 3 rings (SSSR count). The van der Waals surface area contributed by atoms with E-state index in [-0.39, 0.29) is 0 Å². The van der Waals surface area contributed by atoms with Gasteiger partial charge in [0.1, 0.15) is 5.82 Å². The lowest BCUT2D eigenvalue weighted by atomic mass is 9.95. The standard InChI is InChI=1S/C16H18N2O/c17-16-10-11(7-8-18-16)9-15(19)14-4-2-1-3-13(14)12-5-6-12/h1-4,7-8,10,12,15,19H,5-6,9H2,(H2,17,18). The van der Waals surface area contributed by atoms with E-state index in [0.717, 1.165) is 11.1 Å². The van der Waals surface area contributed by atoms with Crippen LogP contribution in [0.4, 0.5) is 5.82 Å². The predicted octanol–water partition coefficient (Wildman–Crippen LogP) is 2.82. The lowest BCUT2D eigenvalue weighted by Gasteiger charge is -2.15. The summed E-state index contributed by atoms with van der Waals surface area (Å²) in [5.41, 5.74) is 9.05. The Hall–Kier alpha value is -1.87. The normalized spacial score (nSPS) is 16.3. The smallest absolute Gasteiger partial charge is 0.123 e. The first-order chi connectivity index (χ1) is 9.24. The highest BCUT2D eigenvalue weighted by Gasteiger charge is 2.27. The fourth-order valence-electron chi connectivity index (χ4n) is 2.54. The van der Waals surface area contributed by atoms with Gasteiger partial charge in [0.05, 0.1) is 6.10 Å². The van der Waals surface area contributed by atoms with Crippen molar-refractivity contribution in [2.45, 2.75) is 31.3 Å². The molecule has 98 valence electrons. The van der Waals surface area contributed by atoms with Gasteiger partial charge >= 0.3 is 0 Å². The largest absolute Gasteiger partial charge is 0.388 e. The number of pyridine rings is 1. The van der Waals surface area contributed by atoms with Crippen molar-refractivity contribution < 1.29 is 5.11 Å². The molecule has 0 spiro atoms. The van der Waals surface area contributed by atoms with E-state index in [1.54, 1.807) is 6.20 Å². The van der Waals surface area contributed by atoms with Gasteiger partial charge in [-0.1, -0.05) is 24.3 Å². The third-order valence-electron chi connectivity index (χ3n) is 3.65. The Kier molecular flexibility index (Phi) is 3.22. The average Bonchev–Trinajstić information content (AvgIpc) is 3.23. The molecule has 0 bridgehead atoms. The summed E-state index contributed by atoms with van der Waals surface area (Å²) in [6.45, 7) is 0. The maximum absolute atomic E-state index is 10.5. The van der Waals surface area contributed by atoms with E-state index < -0.39 is 6.10 Å². The number of anilines is 1. The minimum Gasteiger partial charge on any atom is -0.388 e. The molecular formula is C16H18N2O. The first-order valence-corrected chi connectivity index (χ1v) is 6.71. The molecule has 0 saturated heterocycles. The number of benzene rings is 1. The molecule has 1 aliphatic carbocycles. The van der Waals surface area contributed by atoms with E-state index in [1.165, 1.54) is 18.4 Å². The Balaban J connectivity index is 1.82. The summed E-state index contributed by atoms with van der Waals surface area (Å²) in [5, 5.41) is 10.5. The van der Waals surface area contributed by atoms with Crippen molar-refractivity contribution >= 4 is 5.82 Å². The molecule has 0 radical (unpaired) electrons. The van der Waals surface area contributed by atoms with Crippen LogP contribution in [-0.4, -0.2) is 10.1 Å². The second kappa shape index (κ2) is 5.02. The second-order valence-corrected chi connectivity index (χ2v) is 5.21. The second-order valence-electron chi connectivity index (χ2n) is 5.21. The number of hydrogen-bond acceptors (Lipinski definition) is 3. The van der Waals surface area contributed by atoms with Gasteiger partial charge in [-0.3, -0.25) is 0 Å². The van der Waals surface area contributed by atoms with Crippen molar-refractivity contribution in [2.75, 3.05) is 5.73 Å². The first-order valence-electron chi connectivity index (χ1n) is 6.71. The van der Waals surface area contributed by atoms with Crippen LogP contribution < -0.4 is 5.73 Å². The van der Waals surface area contributed by atoms with Gasteiger partial charge in [0.25, 0.3) is 0 Å². The Morgan fingerprint density at radius 2 is 2.05 bits per heavy atom. The van der Waals surface area contributed by atoms with Crippen LogP contribution in [0.25, 0.3) is 0 Å². The fourth-order valence-corrected chi connectivity index (χ4v) is 2.54. The van der Waals surface area contributed by atoms with Crippen LogP contribution in [0.3, 0.4) is 0 Å². The van der Waals surface area contributed by atoms with Gasteiger partial charge in [-0.25, -0.2) is 4.98 Å². The molecule has 2 aromatic rings. The van der Waals surface area contributed by atoms with Gasteiger partial charge in [-0.15, -0.1) is 0 Å². The molecule has 3 N–H and O–H groups in total. The van der Waals surface area contributed by atoms with Crippen LogP contribution in [-0.2, 0) is 6.42 Å². The molecule has 1 heterocycles. The highest BCUT2D eigenvalue weighted by Crippen LogP contribution is 2.43. The van der Waals surface area contributed by atoms with Crippen LogP contribution in [0.1, 0.15) is 41.6 Å². The highest BCUT2D eigenvalue weighted by atomic mass is 16.3. The third kappa shape index (κ3) is 2.76. The molecule has 1 unspecified atom stereocenters. The molecule has 1 saturated carbocycles. The van der Waals surface area contributed by atoms with Gasteiger partial charge in [-0.05, 0) is 47.6 Å². The molecule has 3 nitrogen and oxygen atoms in total. The molecule has 1 aromatic heterocycles. The number of nitrogens with zero attached hydrogens (tertiary/aromatic N) is 1. The molecule has 0 amide bonds. The maximum Gasteiger partial charge on any atom is 0.123 e. The SMILES string of the molecule is Nc1cc(CC(O)c2ccccc2C2CC2)ccn1. The first kappa shape index (κ1) is 12.2. The van der Waals surface area contributed by atoms with Crippen molar-refractivity contribution in [3.63, 3.8) is 0 Å². The summed E-state index contributed by atoms with van der Waals surface area (Å²) in [7, 11) is 0. The van der Waals surface area contributed by atoms with Gasteiger partial charge < -0.3 is 10.8 Å². The lowest BCUT2D eigenvalue weighted by molar-refractivity contribution is 0.177. The predicted molar refractivity (Wildman–Crippen MR) is 75.7 cm³/mol. The van der Waals surface area contributed by atoms with Crippen molar-refractivity contribution in [1.29, 1.82) is 0 Å². The fraction of sp³-hybridized carbons (Fsp3) is 0.312. The number of rotatable bonds is 4. The van der Waals surface area contributed by atoms with Crippen molar-refractivity contribution in [2.24, 2.45) is 0 Å². The number of aliphatic hydroxyl groups excluding tert-OH is 1. The molecule has 19 heavy (non-hydrogen) atoms. The molecule has 0 aliphatic heterocycles. The molecule has 1 aliphatic rings. The average molecular weight is 254 g/mol. The summed E-state index contributed by atoms with van der Waals surface area (Å²) in [6, 6.07) is 11.9. The van der Waals surface area contributed by atoms with Gasteiger partial charge in [0.2, 0.25) is 0 Å². The highest BCUT2D eigenvalue weighted by molar-refractivity contribution is 5.37. The van der Waals surface area contributed by atoms with E-state index in [0.29, 0.717) is 18.2 Å². The Labute approximate surface area is 113 Å². The number of aromatic nitrogens is 1. The number of nitrogens with two attached hydrogens (primary N) is 1. The van der Waals surface area contributed by atoms with E-state index in [1.807, 2.05) is 30.3 Å². The molecule has 1 aromatic carbocycles. The Morgan fingerprint density at radius 1 is 1.26 bits per heavy atom. The summed E-state index contributed by atoms with van der Waals surface area (Å²) in [4.78, 5) is 3.97. The van der Waals surface area contributed by atoms with E-state index in [2.05, 4.69) is 11.1 Å². The van der Waals surface area contributed by atoms with E-state index in [4.69, 9.17) is 5.73 Å². The monoisotopic (exact) mass is 254 g/mol. The Bertz CT molecular complexity index is 578. The summed E-state index contributed by atoms with van der Waals surface area (Å²) in [6.07, 6.45) is 4.28. The van der Waals surface area contributed by atoms with Crippen molar-refractivity contribution in [3.8, 4) is 0 Å².